The molecule has 0 aromatic heterocycles. The molecule has 35 heavy (non-hydrogen) atoms. The number of rotatable bonds is 1. The standard InChI is InChI=1S/C32H33N2O/c1-20-8-2-3-11-23(20)28-26-18-21-9-4-14-33-16-6-12-24(29(21)33)31(26)35-32-25-13-7-17-34-15-5-10-22(30(25)34)19-27(28)32/h2-3,8,11,18-19H,4-7,9-10,12-17H2,1H3/q+1. The highest BCUT2D eigenvalue weighted by molar-refractivity contribution is 5.90. The zero-order chi connectivity index (χ0) is 23.1. The Morgan fingerprint density at radius 3 is 2.43 bits per heavy atom. The molecule has 5 aliphatic rings. The first-order valence-corrected chi connectivity index (χ1v) is 13.8. The van der Waals surface area contributed by atoms with Gasteiger partial charge in [0.25, 0.3) is 0 Å². The topological polar surface area (TPSA) is 15.5 Å². The molecule has 5 aliphatic heterocycles. The third kappa shape index (κ3) is 2.81. The van der Waals surface area contributed by atoms with E-state index in [1.54, 1.807) is 0 Å². The number of nitrogens with zero attached hydrogens (tertiary/aromatic N) is 2. The van der Waals surface area contributed by atoms with Gasteiger partial charge in [-0.15, -0.1) is 0 Å². The second kappa shape index (κ2) is 7.46. The molecule has 8 rings (SSSR count). The summed E-state index contributed by atoms with van der Waals surface area (Å²) in [5.41, 5.74) is 13.0. The lowest BCUT2D eigenvalue weighted by Crippen LogP contribution is -2.45. The first-order chi connectivity index (χ1) is 17.3. The second-order valence-electron chi connectivity index (χ2n) is 11.2. The van der Waals surface area contributed by atoms with E-state index < -0.39 is 0 Å². The van der Waals surface area contributed by atoms with Crippen molar-refractivity contribution in [3.63, 3.8) is 0 Å². The zero-order valence-corrected chi connectivity index (χ0v) is 20.8. The van der Waals surface area contributed by atoms with Gasteiger partial charge in [-0.05, 0) is 74.3 Å². The van der Waals surface area contributed by atoms with E-state index in [9.17, 15) is 0 Å². The van der Waals surface area contributed by atoms with Crippen molar-refractivity contribution in [1.82, 2.24) is 4.58 Å². The Kier molecular flexibility index (Phi) is 4.30. The monoisotopic (exact) mass is 461 g/mol. The summed E-state index contributed by atoms with van der Waals surface area (Å²) in [4.78, 5) is 2.64. The Labute approximate surface area is 207 Å². The maximum atomic E-state index is 7.14. The number of fused-ring (bicyclic) bond motifs is 4. The lowest BCUT2D eigenvalue weighted by molar-refractivity contribution is 0.431. The third-order valence-corrected chi connectivity index (χ3v) is 9.10. The Morgan fingerprint density at radius 2 is 1.54 bits per heavy atom. The maximum Gasteiger partial charge on any atom is 0.210 e. The molecule has 0 fully saturated rings. The number of aryl methyl sites for hydroxylation is 3. The van der Waals surface area contributed by atoms with Crippen molar-refractivity contribution in [2.24, 2.45) is 0 Å². The summed E-state index contributed by atoms with van der Waals surface area (Å²) >= 11 is 0. The Morgan fingerprint density at radius 1 is 0.771 bits per heavy atom. The van der Waals surface area contributed by atoms with Gasteiger partial charge in [0.15, 0.2) is 0 Å². The van der Waals surface area contributed by atoms with E-state index in [4.69, 9.17) is 4.74 Å². The van der Waals surface area contributed by atoms with Gasteiger partial charge in [0, 0.05) is 59.1 Å². The highest BCUT2D eigenvalue weighted by Gasteiger charge is 2.35. The lowest BCUT2D eigenvalue weighted by atomic mass is 9.82. The predicted molar refractivity (Wildman–Crippen MR) is 141 cm³/mol. The molecule has 3 aromatic rings. The molecule has 0 aliphatic carbocycles. The number of anilines is 1. The summed E-state index contributed by atoms with van der Waals surface area (Å²) in [6, 6.07) is 14.0. The van der Waals surface area contributed by atoms with Gasteiger partial charge in [-0.25, -0.2) is 4.58 Å². The van der Waals surface area contributed by atoms with Crippen LogP contribution in [0.15, 0.2) is 36.4 Å². The van der Waals surface area contributed by atoms with Crippen LogP contribution in [0, 0.1) is 6.92 Å². The molecule has 0 atom stereocenters. The van der Waals surface area contributed by atoms with Gasteiger partial charge >= 0.3 is 0 Å². The highest BCUT2D eigenvalue weighted by Crippen LogP contribution is 2.48. The maximum absolute atomic E-state index is 7.14. The largest absolute Gasteiger partial charge is 0.455 e. The molecule has 0 saturated carbocycles. The molecular formula is C32H33N2O+. The van der Waals surface area contributed by atoms with Crippen molar-refractivity contribution in [2.45, 2.75) is 58.3 Å². The summed E-state index contributed by atoms with van der Waals surface area (Å²) in [6.07, 6.45) is 9.60. The molecule has 176 valence electrons. The number of hydrogen-bond acceptors (Lipinski definition) is 2. The van der Waals surface area contributed by atoms with E-state index in [2.05, 4.69) is 52.8 Å². The fourth-order valence-electron chi connectivity index (χ4n) is 7.66. The molecule has 0 amide bonds. The van der Waals surface area contributed by atoms with Gasteiger partial charge in [-0.1, -0.05) is 24.3 Å². The van der Waals surface area contributed by atoms with Crippen LogP contribution in [0.2, 0.25) is 0 Å². The van der Waals surface area contributed by atoms with Crippen LogP contribution in [0.25, 0.3) is 5.57 Å². The van der Waals surface area contributed by atoms with E-state index in [0.29, 0.717) is 0 Å². The van der Waals surface area contributed by atoms with Gasteiger partial charge < -0.3 is 9.64 Å². The van der Waals surface area contributed by atoms with Crippen molar-refractivity contribution in [3.05, 3.63) is 85.9 Å². The molecule has 3 nitrogen and oxygen atoms in total. The third-order valence-electron chi connectivity index (χ3n) is 9.10. The molecule has 0 spiro atoms. The Hall–Kier alpha value is -3.07. The summed E-state index contributed by atoms with van der Waals surface area (Å²) in [5, 5.41) is 2.84. The van der Waals surface area contributed by atoms with Gasteiger partial charge in [0.2, 0.25) is 5.36 Å². The first kappa shape index (κ1) is 20.2. The van der Waals surface area contributed by atoms with Gasteiger partial charge in [0.1, 0.15) is 24.6 Å². The predicted octanol–water partition coefficient (Wildman–Crippen LogP) is 4.43. The smallest absolute Gasteiger partial charge is 0.210 e. The summed E-state index contributed by atoms with van der Waals surface area (Å²) in [6.45, 7) is 7.04. The van der Waals surface area contributed by atoms with E-state index in [1.165, 1.54) is 125 Å². The van der Waals surface area contributed by atoms with Crippen molar-refractivity contribution in [1.29, 1.82) is 0 Å². The fraction of sp³-hybridized carbons (Fsp3) is 0.406. The van der Waals surface area contributed by atoms with Gasteiger partial charge in [-0.2, -0.15) is 0 Å². The quantitative estimate of drug-likeness (QED) is 0.390. The average Bonchev–Trinajstić information content (AvgIpc) is 2.89. The second-order valence-corrected chi connectivity index (χ2v) is 11.2. The molecule has 0 unspecified atom stereocenters. The van der Waals surface area contributed by atoms with Crippen LogP contribution in [0.4, 0.5) is 5.69 Å². The molecule has 0 bridgehead atoms. The van der Waals surface area contributed by atoms with Gasteiger partial charge in [-0.3, -0.25) is 0 Å². The number of hydrogen-bond donors (Lipinski definition) is 0. The summed E-state index contributed by atoms with van der Waals surface area (Å²) in [7, 11) is 0. The molecule has 0 N–H and O–H groups in total. The van der Waals surface area contributed by atoms with E-state index in [-0.39, 0.29) is 0 Å². The lowest BCUT2D eigenvalue weighted by Gasteiger charge is -2.39. The first-order valence-electron chi connectivity index (χ1n) is 13.8. The van der Waals surface area contributed by atoms with Crippen LogP contribution >= 0.6 is 0 Å². The average molecular weight is 462 g/mol. The fourth-order valence-corrected chi connectivity index (χ4v) is 7.66. The zero-order valence-electron chi connectivity index (χ0n) is 20.8. The number of ether oxygens (including phenoxy) is 1. The molecular weight excluding hydrogens is 428 g/mol. The van der Waals surface area contributed by atoms with Crippen molar-refractivity contribution in [2.75, 3.05) is 31.1 Å². The molecule has 0 radical (unpaired) electrons. The minimum absolute atomic E-state index is 1.13. The highest BCUT2D eigenvalue weighted by atomic mass is 16.5. The van der Waals surface area contributed by atoms with Crippen molar-refractivity contribution in [3.8, 4) is 11.5 Å². The summed E-state index contributed by atoms with van der Waals surface area (Å²) < 4.78 is 9.78. The van der Waals surface area contributed by atoms with Crippen LogP contribution in [0.3, 0.4) is 0 Å². The van der Waals surface area contributed by atoms with E-state index in [1.807, 2.05) is 0 Å². The minimum Gasteiger partial charge on any atom is -0.455 e. The van der Waals surface area contributed by atoms with Crippen LogP contribution < -0.4 is 24.8 Å². The summed E-state index contributed by atoms with van der Waals surface area (Å²) in [5.74, 6) is 2.32. The SMILES string of the molecule is Cc1ccccc1C1=c2cc3c4c(c2Oc2c1cc1c5c2CCCN5CCC1)CCC[N+]=4CCC3. The van der Waals surface area contributed by atoms with Gasteiger partial charge in [0.05, 0.1) is 5.56 Å². The molecule has 5 heterocycles. The Balaban J connectivity index is 1.54. The van der Waals surface area contributed by atoms with E-state index >= 15 is 0 Å². The van der Waals surface area contributed by atoms with E-state index in [0.717, 1.165) is 24.3 Å². The van der Waals surface area contributed by atoms with Crippen LogP contribution in [-0.2, 0) is 25.7 Å². The molecule has 0 saturated heterocycles. The minimum atomic E-state index is 1.13. The molecule has 3 aromatic carbocycles. The normalized spacial score (nSPS) is 19.4. The van der Waals surface area contributed by atoms with Crippen LogP contribution in [-0.4, -0.2) is 26.2 Å². The number of benzene rings is 3. The van der Waals surface area contributed by atoms with Crippen molar-refractivity contribution < 1.29 is 4.74 Å². The van der Waals surface area contributed by atoms with Crippen LogP contribution in [0.1, 0.15) is 64.6 Å². The van der Waals surface area contributed by atoms with Crippen LogP contribution in [0.5, 0.6) is 11.5 Å². The molecule has 3 heteroatoms. The Bertz CT molecular complexity index is 1540. The van der Waals surface area contributed by atoms with Crippen molar-refractivity contribution >= 4 is 11.3 Å².